The molecule has 4 rings (SSSR count). The van der Waals surface area contributed by atoms with Crippen LogP contribution in [0.3, 0.4) is 0 Å². The number of rotatable bonds is 7. The number of benzene rings is 1. The standard InChI is InChI=1S/C26H35NO4S/c1-2-30-26-20(12-10-16-28)21(22-18-32-24-13-7-6-11-19(22)24)17-23(31-26)25(29)27-14-8-4-3-5-9-15-27/h6-7,11,13,17-18,20-21,26,28H,2-5,8-10,12,14-16H2,1H3/t20-,21-,26+/m0/s1. The molecule has 174 valence electrons. The fourth-order valence-corrected chi connectivity index (χ4v) is 5.99. The minimum absolute atomic E-state index is 0.0108. The predicted molar refractivity (Wildman–Crippen MR) is 129 cm³/mol. The number of carbonyl (C=O) groups excluding carboxylic acids is 1. The van der Waals surface area contributed by atoms with Gasteiger partial charge in [0.1, 0.15) is 0 Å². The van der Waals surface area contributed by atoms with Crippen LogP contribution >= 0.6 is 11.3 Å². The van der Waals surface area contributed by atoms with E-state index < -0.39 is 6.29 Å². The van der Waals surface area contributed by atoms with E-state index in [9.17, 15) is 9.90 Å². The number of carbonyl (C=O) groups is 1. The van der Waals surface area contributed by atoms with Gasteiger partial charge in [-0.25, -0.2) is 0 Å². The van der Waals surface area contributed by atoms with Crippen molar-refractivity contribution in [2.75, 3.05) is 26.3 Å². The number of hydrogen-bond acceptors (Lipinski definition) is 5. The number of thiophene rings is 1. The van der Waals surface area contributed by atoms with Gasteiger partial charge in [-0.3, -0.25) is 4.79 Å². The van der Waals surface area contributed by atoms with Crippen molar-refractivity contribution >= 4 is 27.3 Å². The fourth-order valence-electron chi connectivity index (χ4n) is 4.98. The molecule has 1 N–H and O–H groups in total. The number of likely N-dealkylation sites (tertiary alicyclic amines) is 1. The zero-order valence-electron chi connectivity index (χ0n) is 19.0. The Kier molecular flexibility index (Phi) is 8.22. The summed E-state index contributed by atoms with van der Waals surface area (Å²) < 4.78 is 13.5. The lowest BCUT2D eigenvalue weighted by Crippen LogP contribution is -2.41. The Balaban J connectivity index is 1.70. The third-order valence-corrected chi connectivity index (χ3v) is 7.62. The van der Waals surface area contributed by atoms with Crippen molar-refractivity contribution in [3.63, 3.8) is 0 Å². The first-order valence-electron chi connectivity index (χ1n) is 12.1. The molecule has 2 aliphatic heterocycles. The lowest BCUT2D eigenvalue weighted by atomic mass is 9.80. The van der Waals surface area contributed by atoms with Crippen LogP contribution in [0.2, 0.25) is 0 Å². The molecule has 1 aromatic carbocycles. The molecule has 0 bridgehead atoms. The Hall–Kier alpha value is -1.89. The molecule has 1 aromatic heterocycles. The molecule has 2 aromatic rings. The lowest BCUT2D eigenvalue weighted by molar-refractivity contribution is -0.170. The van der Waals surface area contributed by atoms with Gasteiger partial charge in [-0.05, 0) is 61.1 Å². The van der Waals surface area contributed by atoms with Crippen LogP contribution in [-0.4, -0.2) is 48.5 Å². The molecule has 0 saturated carbocycles. The van der Waals surface area contributed by atoms with Crippen molar-refractivity contribution in [2.45, 2.75) is 64.1 Å². The van der Waals surface area contributed by atoms with Gasteiger partial charge < -0.3 is 19.5 Å². The van der Waals surface area contributed by atoms with Crippen molar-refractivity contribution in [1.82, 2.24) is 4.90 Å². The average Bonchev–Trinajstić information content (AvgIpc) is 3.21. The van der Waals surface area contributed by atoms with E-state index in [0.29, 0.717) is 18.8 Å². The van der Waals surface area contributed by atoms with Crippen molar-refractivity contribution in [3.05, 3.63) is 47.0 Å². The second-order valence-electron chi connectivity index (χ2n) is 8.78. The molecule has 6 heteroatoms. The van der Waals surface area contributed by atoms with E-state index in [1.54, 1.807) is 11.3 Å². The quantitative estimate of drug-likeness (QED) is 0.601. The molecular weight excluding hydrogens is 422 g/mol. The van der Waals surface area contributed by atoms with Crippen molar-refractivity contribution in [3.8, 4) is 0 Å². The Bertz CT molecular complexity index is 915. The molecule has 1 fully saturated rings. The van der Waals surface area contributed by atoms with Crippen LogP contribution in [0.5, 0.6) is 0 Å². The van der Waals surface area contributed by atoms with E-state index >= 15 is 0 Å². The van der Waals surface area contributed by atoms with Gasteiger partial charge in [0.25, 0.3) is 5.91 Å². The Labute approximate surface area is 195 Å². The highest BCUT2D eigenvalue weighted by Gasteiger charge is 2.39. The zero-order chi connectivity index (χ0) is 22.3. The SMILES string of the molecule is CCO[C@@H]1OC(C(=O)N2CCCCCCC2)=C[C@H](c2csc3ccccc23)[C@@H]1CCCO. The van der Waals surface area contributed by atoms with Crippen LogP contribution in [0, 0.1) is 5.92 Å². The first-order valence-corrected chi connectivity index (χ1v) is 13.0. The van der Waals surface area contributed by atoms with Crippen LogP contribution in [0.4, 0.5) is 0 Å². The maximum absolute atomic E-state index is 13.5. The number of amides is 1. The van der Waals surface area contributed by atoms with Crippen LogP contribution in [0.25, 0.3) is 10.1 Å². The topological polar surface area (TPSA) is 59.0 Å². The van der Waals surface area contributed by atoms with Gasteiger partial charge in [0.05, 0.1) is 0 Å². The van der Waals surface area contributed by atoms with Crippen LogP contribution in [-0.2, 0) is 14.3 Å². The number of aliphatic hydroxyl groups excluding tert-OH is 1. The third-order valence-electron chi connectivity index (χ3n) is 6.64. The van der Waals surface area contributed by atoms with Gasteiger partial charge in [-0.1, -0.05) is 37.5 Å². The second kappa shape index (κ2) is 11.3. The van der Waals surface area contributed by atoms with E-state index in [2.05, 4.69) is 29.6 Å². The summed E-state index contributed by atoms with van der Waals surface area (Å²) >= 11 is 1.74. The average molecular weight is 458 g/mol. The molecule has 5 nitrogen and oxygen atoms in total. The molecule has 1 amide bonds. The summed E-state index contributed by atoms with van der Waals surface area (Å²) in [6.07, 6.45) is 8.71. The molecule has 32 heavy (non-hydrogen) atoms. The summed E-state index contributed by atoms with van der Waals surface area (Å²) in [4.78, 5) is 15.5. The van der Waals surface area contributed by atoms with E-state index in [0.717, 1.165) is 32.4 Å². The van der Waals surface area contributed by atoms with Crippen LogP contribution < -0.4 is 0 Å². The Morgan fingerprint density at radius 2 is 1.94 bits per heavy atom. The highest BCUT2D eigenvalue weighted by atomic mass is 32.1. The predicted octanol–water partition coefficient (Wildman–Crippen LogP) is 5.44. The monoisotopic (exact) mass is 457 g/mol. The summed E-state index contributed by atoms with van der Waals surface area (Å²) in [5.74, 6) is 0.465. The summed E-state index contributed by atoms with van der Waals surface area (Å²) in [5, 5.41) is 12.9. The Morgan fingerprint density at radius 1 is 1.19 bits per heavy atom. The van der Waals surface area contributed by atoms with Gasteiger partial charge in [-0.15, -0.1) is 11.3 Å². The second-order valence-corrected chi connectivity index (χ2v) is 9.69. The van der Waals surface area contributed by atoms with E-state index in [4.69, 9.17) is 9.47 Å². The van der Waals surface area contributed by atoms with Crippen LogP contribution in [0.1, 0.15) is 63.4 Å². The van der Waals surface area contributed by atoms with Gasteiger partial charge in [-0.2, -0.15) is 0 Å². The normalized spacial score (nSPS) is 24.5. The molecule has 0 aliphatic carbocycles. The van der Waals surface area contributed by atoms with Crippen molar-refractivity contribution < 1.29 is 19.4 Å². The van der Waals surface area contributed by atoms with Crippen molar-refractivity contribution in [1.29, 1.82) is 0 Å². The summed E-state index contributed by atoms with van der Waals surface area (Å²) in [6, 6.07) is 8.42. The van der Waals surface area contributed by atoms with E-state index in [-0.39, 0.29) is 24.3 Å². The summed E-state index contributed by atoms with van der Waals surface area (Å²) in [7, 11) is 0. The van der Waals surface area contributed by atoms with E-state index in [1.807, 2.05) is 17.9 Å². The first kappa shape index (κ1) is 23.3. The Morgan fingerprint density at radius 3 is 2.69 bits per heavy atom. The maximum Gasteiger partial charge on any atom is 0.288 e. The number of hydrogen-bond donors (Lipinski definition) is 1. The van der Waals surface area contributed by atoms with Gasteiger partial charge in [0.15, 0.2) is 5.76 Å². The number of aliphatic hydroxyl groups is 1. The molecule has 2 aliphatic rings. The third kappa shape index (κ3) is 5.19. The number of ether oxygens (including phenoxy) is 2. The molecule has 3 heterocycles. The molecule has 1 saturated heterocycles. The minimum Gasteiger partial charge on any atom is -0.459 e. The molecule has 0 unspecified atom stereocenters. The minimum atomic E-state index is -0.492. The number of fused-ring (bicyclic) bond motifs is 1. The van der Waals surface area contributed by atoms with Crippen molar-refractivity contribution in [2.24, 2.45) is 5.92 Å². The largest absolute Gasteiger partial charge is 0.459 e. The lowest BCUT2D eigenvalue weighted by Gasteiger charge is -2.38. The first-order chi connectivity index (χ1) is 15.7. The van der Waals surface area contributed by atoms with Gasteiger partial charge in [0.2, 0.25) is 6.29 Å². The number of allylic oxidation sites excluding steroid dienone is 1. The van der Waals surface area contributed by atoms with Gasteiger partial charge in [0, 0.05) is 42.8 Å². The highest BCUT2D eigenvalue weighted by Crippen LogP contribution is 2.43. The van der Waals surface area contributed by atoms with E-state index in [1.165, 1.54) is 34.9 Å². The zero-order valence-corrected chi connectivity index (χ0v) is 19.8. The number of nitrogens with zero attached hydrogens (tertiary/aromatic N) is 1. The summed E-state index contributed by atoms with van der Waals surface area (Å²) in [6.45, 7) is 4.19. The maximum atomic E-state index is 13.5. The van der Waals surface area contributed by atoms with Crippen LogP contribution in [0.15, 0.2) is 41.5 Å². The molecular formula is C26H35NO4S. The highest BCUT2D eigenvalue weighted by molar-refractivity contribution is 7.17. The summed E-state index contributed by atoms with van der Waals surface area (Å²) in [5.41, 5.74) is 1.22. The molecule has 0 spiro atoms. The van der Waals surface area contributed by atoms with Gasteiger partial charge >= 0.3 is 0 Å². The smallest absolute Gasteiger partial charge is 0.288 e. The molecule has 0 radical (unpaired) electrons. The fraction of sp³-hybridized carbons (Fsp3) is 0.577. The molecule has 3 atom stereocenters.